The minimum Gasteiger partial charge on any atom is -0.373 e. The van der Waals surface area contributed by atoms with Gasteiger partial charge >= 0.3 is 0 Å². The van der Waals surface area contributed by atoms with Crippen LogP contribution in [0.2, 0.25) is 0 Å². The highest BCUT2D eigenvalue weighted by molar-refractivity contribution is 5.50. The summed E-state index contributed by atoms with van der Waals surface area (Å²) >= 11 is 0. The van der Waals surface area contributed by atoms with Gasteiger partial charge in [0, 0.05) is 10.8 Å². The van der Waals surface area contributed by atoms with E-state index in [-0.39, 0.29) is 23.0 Å². The fourth-order valence-electron chi connectivity index (χ4n) is 8.54. The summed E-state index contributed by atoms with van der Waals surface area (Å²) in [5.41, 5.74) is 9.36. The Hall–Kier alpha value is -5.24. The first-order chi connectivity index (χ1) is 26.0. The molecule has 6 aromatic carbocycles. The van der Waals surface area contributed by atoms with Crippen molar-refractivity contribution in [1.29, 1.82) is 0 Å². The van der Waals surface area contributed by atoms with Gasteiger partial charge in [-0.1, -0.05) is 209 Å². The average Bonchev–Trinajstić information content (AvgIpc) is 3.22. The second-order valence-corrected chi connectivity index (χ2v) is 14.5. The Morgan fingerprint density at radius 1 is 0.415 bits per heavy atom. The van der Waals surface area contributed by atoms with Crippen molar-refractivity contribution in [2.45, 2.75) is 75.4 Å². The maximum Gasteiger partial charge on any atom is 0.0679 e. The summed E-state index contributed by atoms with van der Waals surface area (Å²) in [5, 5.41) is 0. The molecule has 2 unspecified atom stereocenters. The Kier molecular flexibility index (Phi) is 12.7. The highest BCUT2D eigenvalue weighted by Gasteiger charge is 2.47. The van der Waals surface area contributed by atoms with Gasteiger partial charge in [-0.05, 0) is 83.0 Å². The zero-order valence-corrected chi connectivity index (χ0v) is 31.5. The van der Waals surface area contributed by atoms with Crippen molar-refractivity contribution in [1.82, 2.24) is 0 Å². The molecule has 2 atom stereocenters. The standard InChI is InChI=1S/C52H54O/c1-5-41-29-33-47(34-30-41)51(37-43-21-13-9-14-22-43,38-44-23-15-10-16-24-44)49(7-3)53-50(8-4)52(39-45-25-17-11-18-26-45,40-46-27-19-12-20-28-46)48-35-31-42(6-2)32-36-48/h5-6,9-36,49-50H,1-2,7-8,37-40H2,3-4H3. The van der Waals surface area contributed by atoms with Crippen LogP contribution in [0.1, 0.15) is 71.2 Å². The van der Waals surface area contributed by atoms with Crippen LogP contribution < -0.4 is 0 Å². The van der Waals surface area contributed by atoms with Crippen LogP contribution >= 0.6 is 0 Å². The smallest absolute Gasteiger partial charge is 0.0679 e. The molecule has 6 aromatic rings. The molecule has 268 valence electrons. The summed E-state index contributed by atoms with van der Waals surface area (Å²) < 4.78 is 7.95. The Bertz CT molecular complexity index is 1750. The largest absolute Gasteiger partial charge is 0.373 e. The number of benzene rings is 6. The van der Waals surface area contributed by atoms with Gasteiger partial charge in [-0.2, -0.15) is 0 Å². The lowest BCUT2D eigenvalue weighted by atomic mass is 9.65. The van der Waals surface area contributed by atoms with Crippen LogP contribution in [0.3, 0.4) is 0 Å². The zero-order valence-electron chi connectivity index (χ0n) is 31.5. The van der Waals surface area contributed by atoms with E-state index in [1.807, 2.05) is 12.2 Å². The number of hydrogen-bond acceptors (Lipinski definition) is 1. The molecule has 0 aromatic heterocycles. The average molecular weight is 695 g/mol. The van der Waals surface area contributed by atoms with Gasteiger partial charge in [0.2, 0.25) is 0 Å². The van der Waals surface area contributed by atoms with Gasteiger partial charge in [0.25, 0.3) is 0 Å². The van der Waals surface area contributed by atoms with E-state index >= 15 is 0 Å². The van der Waals surface area contributed by atoms with Crippen LogP contribution in [-0.2, 0) is 41.3 Å². The van der Waals surface area contributed by atoms with Gasteiger partial charge in [-0.25, -0.2) is 0 Å². The molecule has 1 heteroatoms. The number of hydrogen-bond donors (Lipinski definition) is 0. The van der Waals surface area contributed by atoms with Crippen molar-refractivity contribution in [3.05, 3.63) is 228 Å². The monoisotopic (exact) mass is 694 g/mol. The van der Waals surface area contributed by atoms with Gasteiger partial charge in [0.15, 0.2) is 0 Å². The fraction of sp³-hybridized carbons (Fsp3) is 0.231. The summed E-state index contributed by atoms with van der Waals surface area (Å²) in [6, 6.07) is 62.1. The van der Waals surface area contributed by atoms with Crippen LogP contribution in [0.5, 0.6) is 0 Å². The first-order valence-electron chi connectivity index (χ1n) is 19.3. The van der Waals surface area contributed by atoms with E-state index in [1.165, 1.54) is 33.4 Å². The third kappa shape index (κ3) is 8.87. The normalized spacial score (nSPS) is 12.9. The van der Waals surface area contributed by atoms with Crippen molar-refractivity contribution in [3.8, 4) is 0 Å². The summed E-state index contributed by atoms with van der Waals surface area (Å²) in [4.78, 5) is 0. The minimum atomic E-state index is -0.359. The molecule has 0 fully saturated rings. The Morgan fingerprint density at radius 3 is 0.906 bits per heavy atom. The minimum absolute atomic E-state index is 0.0965. The first-order valence-corrected chi connectivity index (χ1v) is 19.3. The molecule has 0 saturated heterocycles. The molecule has 0 aliphatic heterocycles. The molecule has 0 amide bonds. The second kappa shape index (κ2) is 18.0. The van der Waals surface area contributed by atoms with E-state index in [9.17, 15) is 0 Å². The topological polar surface area (TPSA) is 9.23 Å². The molecule has 0 aliphatic carbocycles. The molecule has 1 nitrogen and oxygen atoms in total. The van der Waals surface area contributed by atoms with Gasteiger partial charge in [-0.15, -0.1) is 0 Å². The van der Waals surface area contributed by atoms with Gasteiger partial charge in [0.1, 0.15) is 0 Å². The molecular formula is C52H54O. The molecule has 0 spiro atoms. The van der Waals surface area contributed by atoms with Crippen LogP contribution in [0.15, 0.2) is 183 Å². The Morgan fingerprint density at radius 2 is 0.679 bits per heavy atom. The van der Waals surface area contributed by atoms with E-state index in [4.69, 9.17) is 4.74 Å². The van der Waals surface area contributed by atoms with Crippen LogP contribution in [-0.4, -0.2) is 12.2 Å². The van der Waals surface area contributed by atoms with Crippen molar-refractivity contribution < 1.29 is 4.74 Å². The lowest BCUT2D eigenvalue weighted by Gasteiger charge is -2.48. The molecular weight excluding hydrogens is 641 g/mol. The maximum absolute atomic E-state index is 7.95. The SMILES string of the molecule is C=Cc1ccc(C(Cc2ccccc2)(Cc2ccccc2)C(CC)OC(CC)C(Cc2ccccc2)(Cc2ccccc2)c2ccc(C=C)cc2)cc1. The Labute approximate surface area is 318 Å². The zero-order chi connectivity index (χ0) is 36.9. The molecule has 6 rings (SSSR count). The molecule has 0 bridgehead atoms. The van der Waals surface area contributed by atoms with Gasteiger partial charge in [0.05, 0.1) is 12.2 Å². The predicted molar refractivity (Wildman–Crippen MR) is 226 cm³/mol. The van der Waals surface area contributed by atoms with Crippen LogP contribution in [0.4, 0.5) is 0 Å². The summed E-state index contributed by atoms with van der Waals surface area (Å²) in [5.74, 6) is 0. The predicted octanol–water partition coefficient (Wildman–Crippen LogP) is 12.7. The molecule has 0 radical (unpaired) electrons. The lowest BCUT2D eigenvalue weighted by molar-refractivity contribution is -0.0933. The maximum atomic E-state index is 7.95. The molecule has 0 N–H and O–H groups in total. The highest BCUT2D eigenvalue weighted by atomic mass is 16.5. The Balaban J connectivity index is 1.56. The molecule has 0 saturated carbocycles. The first kappa shape index (κ1) is 37.5. The third-order valence-corrected chi connectivity index (χ3v) is 11.2. The van der Waals surface area contributed by atoms with Crippen molar-refractivity contribution in [3.63, 3.8) is 0 Å². The van der Waals surface area contributed by atoms with E-state index < -0.39 is 0 Å². The van der Waals surface area contributed by atoms with Crippen LogP contribution in [0, 0.1) is 0 Å². The van der Waals surface area contributed by atoms with E-state index in [0.717, 1.165) is 49.7 Å². The van der Waals surface area contributed by atoms with E-state index in [0.29, 0.717) is 0 Å². The van der Waals surface area contributed by atoms with Crippen molar-refractivity contribution in [2.24, 2.45) is 0 Å². The van der Waals surface area contributed by atoms with Gasteiger partial charge < -0.3 is 4.74 Å². The summed E-state index contributed by atoms with van der Waals surface area (Å²) in [7, 11) is 0. The van der Waals surface area contributed by atoms with Crippen molar-refractivity contribution in [2.75, 3.05) is 0 Å². The quantitative estimate of drug-likeness (QED) is 0.0870. The second-order valence-electron chi connectivity index (χ2n) is 14.5. The number of rotatable bonds is 18. The van der Waals surface area contributed by atoms with Crippen LogP contribution in [0.25, 0.3) is 12.2 Å². The lowest BCUT2D eigenvalue weighted by Crippen LogP contribution is -2.52. The summed E-state index contributed by atoms with van der Waals surface area (Å²) in [6.45, 7) is 12.8. The van der Waals surface area contributed by atoms with E-state index in [1.54, 1.807) is 0 Å². The molecule has 53 heavy (non-hydrogen) atoms. The molecule has 0 heterocycles. The third-order valence-electron chi connectivity index (χ3n) is 11.2. The number of ether oxygens (including phenoxy) is 1. The summed E-state index contributed by atoms with van der Waals surface area (Å²) in [6.07, 6.45) is 8.80. The van der Waals surface area contributed by atoms with Crippen molar-refractivity contribution >= 4 is 12.2 Å². The fourth-order valence-corrected chi connectivity index (χ4v) is 8.54. The van der Waals surface area contributed by atoms with E-state index in [2.05, 4.69) is 197 Å². The molecule has 0 aliphatic rings. The van der Waals surface area contributed by atoms with Gasteiger partial charge in [-0.3, -0.25) is 0 Å². The highest BCUT2D eigenvalue weighted by Crippen LogP contribution is 2.45.